The minimum atomic E-state index is -0.397. The molecule has 2 heterocycles. The predicted octanol–water partition coefficient (Wildman–Crippen LogP) is 11.1. The van der Waals surface area contributed by atoms with Crippen molar-refractivity contribution in [2.45, 2.75) is 101 Å². The number of aryl methyl sites for hydroxylation is 2. The number of ether oxygens (including phenoxy) is 7. The van der Waals surface area contributed by atoms with Gasteiger partial charge in [0.05, 0.1) is 48.7 Å². The largest absolute Gasteiger partial charge is 0.508 e. The molecule has 0 unspecified atom stereocenters. The van der Waals surface area contributed by atoms with Crippen LogP contribution >= 0.6 is 15.9 Å². The fourth-order valence-corrected chi connectivity index (χ4v) is 9.88. The van der Waals surface area contributed by atoms with E-state index in [1.54, 1.807) is 60.7 Å². The van der Waals surface area contributed by atoms with E-state index >= 15 is 0 Å². The number of benzene rings is 6. The van der Waals surface area contributed by atoms with Gasteiger partial charge in [0.25, 0.3) is 0 Å². The van der Waals surface area contributed by atoms with Gasteiger partial charge in [0, 0.05) is 41.4 Å². The average molecular weight is 1140 g/mol. The van der Waals surface area contributed by atoms with Crippen LogP contribution in [0.25, 0.3) is 0 Å². The Hall–Kier alpha value is -8.18. The lowest BCUT2D eigenvalue weighted by Gasteiger charge is -2.15. The summed E-state index contributed by atoms with van der Waals surface area (Å²) in [7, 11) is 2.62. The normalized spacial score (nSPS) is 14.3. The Morgan fingerprint density at radius 3 is 1.51 bits per heavy atom. The van der Waals surface area contributed by atoms with Crippen LogP contribution in [0.15, 0.2) is 109 Å². The van der Waals surface area contributed by atoms with Gasteiger partial charge in [-0.3, -0.25) is 28.8 Å². The minimum absolute atomic E-state index is 0.00462. The molecule has 2 aliphatic carbocycles. The van der Waals surface area contributed by atoms with Crippen LogP contribution in [0.4, 0.5) is 0 Å². The first kappa shape index (κ1) is 57.0. The molecule has 0 bridgehead atoms. The smallest absolute Gasteiger partial charge is 0.305 e. The molecule has 10 rings (SSSR count). The van der Waals surface area contributed by atoms with Gasteiger partial charge in [0.15, 0.2) is 24.8 Å². The van der Waals surface area contributed by atoms with Crippen LogP contribution < -0.4 is 23.7 Å². The summed E-state index contributed by atoms with van der Waals surface area (Å²) in [6.07, 6.45) is 9.60. The Kier molecular flexibility index (Phi) is 19.4. The molecule has 17 heteroatoms. The Morgan fingerprint density at radius 2 is 1.01 bits per heavy atom. The van der Waals surface area contributed by atoms with E-state index in [2.05, 4.69) is 20.7 Å². The predicted molar refractivity (Wildman–Crippen MR) is 294 cm³/mol. The zero-order valence-corrected chi connectivity index (χ0v) is 45.5. The lowest BCUT2D eigenvalue weighted by atomic mass is 9.98. The molecule has 16 nitrogen and oxygen atoms in total. The van der Waals surface area contributed by atoms with E-state index < -0.39 is 5.97 Å². The quantitative estimate of drug-likeness (QED) is 0.0413. The van der Waals surface area contributed by atoms with Crippen LogP contribution in [0.1, 0.15) is 139 Å². The van der Waals surface area contributed by atoms with E-state index in [0.717, 1.165) is 73.6 Å². The lowest BCUT2D eigenvalue weighted by Crippen LogP contribution is -2.11. The number of aromatic hydroxyl groups is 3. The molecule has 0 aromatic heterocycles. The first-order valence-corrected chi connectivity index (χ1v) is 27.3. The molecule has 2 aliphatic heterocycles. The highest BCUT2D eigenvalue weighted by Gasteiger charge is 2.25. The van der Waals surface area contributed by atoms with Crippen molar-refractivity contribution < 1.29 is 77.2 Å². The second-order valence-electron chi connectivity index (χ2n) is 19.4. The molecule has 0 amide bonds. The topological polar surface area (TPSA) is 228 Å². The Labute approximate surface area is 465 Å². The Balaban J connectivity index is 0.000000177. The van der Waals surface area contributed by atoms with Gasteiger partial charge in [0.2, 0.25) is 11.6 Å². The third-order valence-corrected chi connectivity index (χ3v) is 14.6. The first-order valence-electron chi connectivity index (χ1n) is 26.1. The summed E-state index contributed by atoms with van der Waals surface area (Å²) in [5.41, 5.74) is 5.31. The van der Waals surface area contributed by atoms with E-state index in [1.807, 2.05) is 18.2 Å². The summed E-state index contributed by atoms with van der Waals surface area (Å²) in [5.74, 6) is 1.08. The Bertz CT molecular complexity index is 3230. The SMILES string of the molecule is COC(=O)CCc1cc(C(=O)c2ccc(OC3CCCC3)cc2O)ccc1O.COC(=O)CCc1cc(C(=O)c2ccc(OC3CCCC3)cc2O)ccc1OCc1ccc2c(c1)OCC2=O.O=C1COc2cc(CBr)ccc21. The molecule has 2 saturated carbocycles. The molecule has 3 N–H and O–H groups in total. The zero-order chi connectivity index (χ0) is 56.0. The number of carbonyl (C=O) groups is 6. The Morgan fingerprint density at radius 1 is 0.544 bits per heavy atom. The van der Waals surface area contributed by atoms with Crippen molar-refractivity contribution in [2.24, 2.45) is 0 Å². The number of fused-ring (bicyclic) bond motifs is 2. The van der Waals surface area contributed by atoms with Crippen LogP contribution in [-0.2, 0) is 43.8 Å². The number of Topliss-reactive ketones (excluding diaryl/α,β-unsaturated/α-hetero) is 2. The van der Waals surface area contributed by atoms with Crippen LogP contribution in [0.2, 0.25) is 0 Å². The number of halogens is 1. The van der Waals surface area contributed by atoms with Gasteiger partial charge >= 0.3 is 11.9 Å². The van der Waals surface area contributed by atoms with Crippen LogP contribution in [0.5, 0.6) is 46.0 Å². The van der Waals surface area contributed by atoms with Crippen molar-refractivity contribution in [2.75, 3.05) is 27.4 Å². The maximum atomic E-state index is 13.3. The summed E-state index contributed by atoms with van der Waals surface area (Å²) in [6.45, 7) is 0.437. The van der Waals surface area contributed by atoms with Gasteiger partial charge in [-0.1, -0.05) is 28.1 Å². The number of hydrogen-bond donors (Lipinski definition) is 3. The van der Waals surface area contributed by atoms with Crippen molar-refractivity contribution in [1.29, 1.82) is 0 Å². The molecule has 0 radical (unpaired) electrons. The van der Waals surface area contributed by atoms with Crippen molar-refractivity contribution >= 4 is 51.0 Å². The van der Waals surface area contributed by atoms with Gasteiger partial charge < -0.3 is 48.5 Å². The molecular weight excluding hydrogens is 1080 g/mol. The highest BCUT2D eigenvalue weighted by atomic mass is 79.9. The monoisotopic (exact) mass is 1140 g/mol. The number of phenolic OH excluding ortho intramolecular Hbond substituents is 3. The number of alkyl halides is 1. The maximum Gasteiger partial charge on any atom is 0.305 e. The third-order valence-electron chi connectivity index (χ3n) is 13.9. The summed E-state index contributed by atoms with van der Waals surface area (Å²) in [5, 5.41) is 31.7. The van der Waals surface area contributed by atoms with Gasteiger partial charge in [-0.05, 0) is 171 Å². The highest BCUT2D eigenvalue weighted by molar-refractivity contribution is 9.08. The fourth-order valence-electron chi connectivity index (χ4n) is 9.53. The number of methoxy groups -OCH3 is 2. The number of phenols is 3. The number of hydrogen-bond acceptors (Lipinski definition) is 16. The molecule has 6 aromatic rings. The van der Waals surface area contributed by atoms with E-state index in [-0.39, 0.29) is 109 Å². The summed E-state index contributed by atoms with van der Waals surface area (Å²) in [4.78, 5) is 72.2. The lowest BCUT2D eigenvalue weighted by molar-refractivity contribution is -0.141. The van der Waals surface area contributed by atoms with Gasteiger partial charge in [-0.15, -0.1) is 0 Å². The van der Waals surface area contributed by atoms with E-state index in [4.69, 9.17) is 28.4 Å². The molecular formula is C62H61BrO16. The zero-order valence-electron chi connectivity index (χ0n) is 43.9. The van der Waals surface area contributed by atoms with Crippen LogP contribution in [-0.4, -0.2) is 90.0 Å². The van der Waals surface area contributed by atoms with Crippen molar-refractivity contribution in [3.05, 3.63) is 165 Å². The van der Waals surface area contributed by atoms with Crippen molar-refractivity contribution in [1.82, 2.24) is 0 Å². The van der Waals surface area contributed by atoms with E-state index in [1.165, 1.54) is 44.6 Å². The molecule has 4 aliphatic rings. The molecule has 0 saturated heterocycles. The van der Waals surface area contributed by atoms with E-state index in [9.17, 15) is 44.1 Å². The van der Waals surface area contributed by atoms with E-state index in [0.29, 0.717) is 62.8 Å². The average Bonchev–Trinajstić information content (AvgIpc) is 4.34. The fraction of sp³-hybridized carbons (Fsp3) is 0.323. The van der Waals surface area contributed by atoms with Gasteiger partial charge in [-0.25, -0.2) is 0 Å². The number of ketones is 4. The summed E-state index contributed by atoms with van der Waals surface area (Å²) in [6, 6.07) is 29.8. The van der Waals surface area contributed by atoms with Gasteiger partial charge in [0.1, 0.15) is 52.6 Å². The molecule has 0 spiro atoms. The summed E-state index contributed by atoms with van der Waals surface area (Å²) >= 11 is 3.34. The van der Waals surface area contributed by atoms with Crippen LogP contribution in [0.3, 0.4) is 0 Å². The molecule has 0 atom stereocenters. The second kappa shape index (κ2) is 26.9. The standard InChI is InChI=1S/C31H30O8.C22H24O6.C9H7BrO2/c1-36-30(34)13-8-20-15-21(31(35)25-11-9-23(16-26(25)32)39-22-4-2-3-5-22)7-12-28(20)37-17-19-6-10-24-27(33)18-38-29(24)14-19;1-27-21(25)11-7-14-12-15(6-10-19(14)23)22(26)18-9-8-17(13-20(18)24)28-16-4-2-3-5-16;10-4-6-1-2-7-8(11)5-12-9(7)3-6/h6-7,9-12,14-16,22,32H,2-5,8,13,17-18H2,1H3;6,8-10,12-13,16,23-24H,2-5,7,11H2,1H3;1-3H,4-5H2. The van der Waals surface area contributed by atoms with Crippen molar-refractivity contribution in [3.63, 3.8) is 0 Å². The number of rotatable bonds is 18. The first-order chi connectivity index (χ1) is 38.2. The highest BCUT2D eigenvalue weighted by Crippen LogP contribution is 2.34. The molecule has 412 valence electrons. The third kappa shape index (κ3) is 14.9. The van der Waals surface area contributed by atoms with Crippen LogP contribution in [0, 0.1) is 0 Å². The van der Waals surface area contributed by atoms with Gasteiger partial charge in [-0.2, -0.15) is 0 Å². The molecule has 79 heavy (non-hydrogen) atoms. The molecule has 6 aromatic carbocycles. The number of esters is 2. The molecule has 2 fully saturated rings. The number of carbonyl (C=O) groups excluding carboxylic acids is 6. The summed E-state index contributed by atoms with van der Waals surface area (Å²) < 4.78 is 37.8. The second-order valence-corrected chi connectivity index (χ2v) is 20.0. The minimum Gasteiger partial charge on any atom is -0.508 e. The van der Waals surface area contributed by atoms with Crippen molar-refractivity contribution in [3.8, 4) is 46.0 Å². The maximum absolute atomic E-state index is 13.3.